The summed E-state index contributed by atoms with van der Waals surface area (Å²) in [5.74, 6) is 0.427. The number of hydrogen-bond donors (Lipinski definition) is 1. The molecule has 0 saturated heterocycles. The first kappa shape index (κ1) is 17.9. The van der Waals surface area contributed by atoms with Gasteiger partial charge in [0.05, 0.1) is 6.61 Å². The van der Waals surface area contributed by atoms with Crippen molar-refractivity contribution in [3.63, 3.8) is 0 Å². The number of sulfonamides is 1. The van der Waals surface area contributed by atoms with Crippen LogP contribution in [0.2, 0.25) is 0 Å². The lowest BCUT2D eigenvalue weighted by Gasteiger charge is -2.25. The second-order valence-electron chi connectivity index (χ2n) is 4.90. The maximum absolute atomic E-state index is 12.0. The van der Waals surface area contributed by atoms with Crippen LogP contribution < -0.4 is 12.4 Å². The van der Waals surface area contributed by atoms with Crippen LogP contribution in [0.1, 0.15) is 5.56 Å². The Balaban J connectivity index is 0.00000220. The third-order valence-corrected chi connectivity index (χ3v) is 4.42. The molecule has 21 heavy (non-hydrogen) atoms. The Kier molecular flexibility index (Phi) is 6.15. The van der Waals surface area contributed by atoms with Crippen molar-refractivity contribution in [2.45, 2.75) is 4.90 Å². The second kappa shape index (κ2) is 7.22. The Morgan fingerprint density at radius 3 is 2.43 bits per heavy atom. The van der Waals surface area contributed by atoms with Crippen molar-refractivity contribution in [1.82, 2.24) is 9.80 Å². The second-order valence-corrected chi connectivity index (χ2v) is 6.47. The topological polar surface area (TPSA) is 73.2 Å². The normalized spacial score (nSPS) is 15.3. The van der Waals surface area contributed by atoms with Crippen LogP contribution in [-0.4, -0.2) is 69.5 Å². The monoisotopic (exact) mass is 332 g/mol. The summed E-state index contributed by atoms with van der Waals surface area (Å²) in [7, 11) is 0.280. The van der Waals surface area contributed by atoms with Crippen LogP contribution in [-0.2, 0) is 10.0 Å². The molecule has 118 valence electrons. The largest absolute Gasteiger partial charge is 1.00 e. The number of rotatable bonds is 5. The average molecular weight is 333 g/mol. The summed E-state index contributed by atoms with van der Waals surface area (Å²) in [5, 5.41) is 9.18. The standard InChI is InChI=1S/C13H19N3O3S.ClH/c1-15(2)7-8-16(9-10-17)13-11-5-3-4-6-12(11)20(18,19)14-13;/h3-6,17H,7-10H2,1-2H3;1H/p-1. The number of hydrogen-bond acceptors (Lipinski definition) is 5. The van der Waals surface area contributed by atoms with Crippen LogP contribution in [0.3, 0.4) is 0 Å². The van der Waals surface area contributed by atoms with E-state index in [0.29, 0.717) is 24.5 Å². The Morgan fingerprint density at radius 2 is 1.81 bits per heavy atom. The van der Waals surface area contributed by atoms with Gasteiger partial charge in [-0.1, -0.05) is 12.1 Å². The lowest BCUT2D eigenvalue weighted by Crippen LogP contribution is -3.00. The molecule has 0 aromatic heterocycles. The average Bonchev–Trinajstić information content (AvgIpc) is 2.67. The van der Waals surface area contributed by atoms with E-state index in [0.717, 1.165) is 6.54 Å². The molecular formula is C13H19ClN3O3S-. The van der Waals surface area contributed by atoms with Crippen molar-refractivity contribution >= 4 is 15.9 Å². The molecule has 1 aromatic rings. The van der Waals surface area contributed by atoms with Gasteiger partial charge in [-0.15, -0.1) is 4.40 Å². The summed E-state index contributed by atoms with van der Waals surface area (Å²) in [4.78, 5) is 4.05. The van der Waals surface area contributed by atoms with Crippen molar-refractivity contribution in [3.05, 3.63) is 29.8 Å². The van der Waals surface area contributed by atoms with Crippen LogP contribution in [0, 0.1) is 0 Å². The van der Waals surface area contributed by atoms with Crippen LogP contribution >= 0.6 is 0 Å². The number of aliphatic hydroxyl groups is 1. The van der Waals surface area contributed by atoms with Gasteiger partial charge < -0.3 is 27.3 Å². The SMILES string of the molecule is CN(C)CCN(CCO)C1=NS(=O)(=O)c2ccccc21.[Cl-]. The molecule has 0 radical (unpaired) electrons. The van der Waals surface area contributed by atoms with Gasteiger partial charge in [-0.25, -0.2) is 0 Å². The lowest BCUT2D eigenvalue weighted by atomic mass is 10.2. The Labute approximate surface area is 131 Å². The molecule has 0 bridgehead atoms. The molecule has 0 amide bonds. The summed E-state index contributed by atoms with van der Waals surface area (Å²) >= 11 is 0. The molecule has 0 aliphatic carbocycles. The van der Waals surface area contributed by atoms with E-state index in [9.17, 15) is 13.5 Å². The van der Waals surface area contributed by atoms with E-state index in [1.54, 1.807) is 24.3 Å². The molecule has 1 aliphatic heterocycles. The molecular weight excluding hydrogens is 314 g/mol. The van der Waals surface area contributed by atoms with E-state index in [2.05, 4.69) is 4.40 Å². The third-order valence-electron chi connectivity index (χ3n) is 3.10. The molecule has 1 aliphatic rings. The summed E-state index contributed by atoms with van der Waals surface area (Å²) in [6, 6.07) is 6.78. The minimum atomic E-state index is -3.61. The first-order valence-electron chi connectivity index (χ1n) is 6.40. The minimum Gasteiger partial charge on any atom is -1.00 e. The highest BCUT2D eigenvalue weighted by Gasteiger charge is 2.31. The smallest absolute Gasteiger partial charge is 0.285 e. The van der Waals surface area contributed by atoms with Gasteiger partial charge in [0.15, 0.2) is 5.84 Å². The maximum atomic E-state index is 12.0. The summed E-state index contributed by atoms with van der Waals surface area (Å²) in [5.41, 5.74) is 0.611. The van der Waals surface area contributed by atoms with Crippen molar-refractivity contribution < 1.29 is 25.9 Å². The van der Waals surface area contributed by atoms with Crippen LogP contribution in [0.15, 0.2) is 33.6 Å². The predicted octanol–water partition coefficient (Wildman–Crippen LogP) is -3.00. The van der Waals surface area contributed by atoms with Crippen LogP contribution in [0.25, 0.3) is 0 Å². The number of aliphatic hydroxyl groups excluding tert-OH is 1. The van der Waals surface area contributed by atoms with Gasteiger partial charge in [-0.05, 0) is 26.2 Å². The van der Waals surface area contributed by atoms with Gasteiger partial charge in [0.2, 0.25) is 0 Å². The zero-order chi connectivity index (χ0) is 14.8. The Hall–Kier alpha value is -1.15. The van der Waals surface area contributed by atoms with E-state index >= 15 is 0 Å². The maximum Gasteiger partial charge on any atom is 0.285 e. The van der Waals surface area contributed by atoms with Crippen molar-refractivity contribution in [1.29, 1.82) is 0 Å². The fraction of sp³-hybridized carbons (Fsp3) is 0.462. The number of halogens is 1. The third kappa shape index (κ3) is 3.94. The minimum absolute atomic E-state index is 0. The number of amidine groups is 1. The van der Waals surface area contributed by atoms with Gasteiger partial charge in [-0.3, -0.25) is 0 Å². The highest BCUT2D eigenvalue weighted by molar-refractivity contribution is 7.90. The van der Waals surface area contributed by atoms with Gasteiger partial charge in [0.25, 0.3) is 10.0 Å². The Morgan fingerprint density at radius 1 is 1.14 bits per heavy atom. The van der Waals surface area contributed by atoms with E-state index < -0.39 is 10.0 Å². The van der Waals surface area contributed by atoms with Gasteiger partial charge in [-0.2, -0.15) is 8.42 Å². The molecule has 0 fully saturated rings. The molecule has 1 N–H and O–H groups in total. The highest BCUT2D eigenvalue weighted by Crippen LogP contribution is 2.27. The zero-order valence-electron chi connectivity index (χ0n) is 12.0. The lowest BCUT2D eigenvalue weighted by molar-refractivity contribution is -0.00000777. The first-order valence-corrected chi connectivity index (χ1v) is 7.84. The van der Waals surface area contributed by atoms with Crippen LogP contribution in [0.5, 0.6) is 0 Å². The number of benzene rings is 1. The fourth-order valence-corrected chi connectivity index (χ4v) is 3.31. The van der Waals surface area contributed by atoms with Gasteiger partial charge >= 0.3 is 0 Å². The first-order chi connectivity index (χ1) is 9.45. The molecule has 0 unspecified atom stereocenters. The number of fused-ring (bicyclic) bond motifs is 1. The summed E-state index contributed by atoms with van der Waals surface area (Å²) in [6.45, 7) is 1.67. The molecule has 1 heterocycles. The van der Waals surface area contributed by atoms with Gasteiger partial charge in [0, 0.05) is 25.2 Å². The van der Waals surface area contributed by atoms with Crippen molar-refractivity contribution in [2.75, 3.05) is 40.3 Å². The number of nitrogens with zero attached hydrogens (tertiary/aromatic N) is 3. The highest BCUT2D eigenvalue weighted by atomic mass is 35.5. The molecule has 8 heteroatoms. The molecule has 1 aromatic carbocycles. The van der Waals surface area contributed by atoms with Crippen LogP contribution in [0.4, 0.5) is 0 Å². The van der Waals surface area contributed by atoms with Crippen molar-refractivity contribution in [2.24, 2.45) is 4.40 Å². The molecule has 6 nitrogen and oxygen atoms in total. The summed E-state index contributed by atoms with van der Waals surface area (Å²) < 4.78 is 27.9. The summed E-state index contributed by atoms with van der Waals surface area (Å²) in [6.07, 6.45) is 0. The number of likely N-dealkylation sites (N-methyl/N-ethyl adjacent to an activating group) is 1. The fourth-order valence-electron chi connectivity index (χ4n) is 2.08. The molecule has 0 atom stereocenters. The van der Waals surface area contributed by atoms with E-state index in [1.165, 1.54) is 0 Å². The van der Waals surface area contributed by atoms with E-state index in [1.807, 2.05) is 23.9 Å². The van der Waals surface area contributed by atoms with Crippen molar-refractivity contribution in [3.8, 4) is 0 Å². The van der Waals surface area contributed by atoms with E-state index in [4.69, 9.17) is 0 Å². The van der Waals surface area contributed by atoms with E-state index in [-0.39, 0.29) is 23.9 Å². The molecule has 0 spiro atoms. The molecule has 2 rings (SSSR count). The Bertz CT molecular complexity index is 617. The zero-order valence-corrected chi connectivity index (χ0v) is 13.6. The van der Waals surface area contributed by atoms with Gasteiger partial charge in [0.1, 0.15) is 4.90 Å². The predicted molar refractivity (Wildman–Crippen MR) is 77.4 cm³/mol. The molecule has 0 saturated carbocycles. The quantitative estimate of drug-likeness (QED) is 0.622.